The molecule has 4 heteroatoms. The summed E-state index contributed by atoms with van der Waals surface area (Å²) < 4.78 is 10.7. The molecule has 0 fully saturated rings. The fraction of sp³-hybridized carbons (Fsp3) is 0.316. The fourth-order valence-electron chi connectivity index (χ4n) is 2.27. The number of anilines is 1. The molecular formula is C19H23NO3. The van der Waals surface area contributed by atoms with Crippen LogP contribution in [0, 0.1) is 0 Å². The number of ether oxygens (including phenoxy) is 2. The molecule has 0 aliphatic rings. The van der Waals surface area contributed by atoms with Gasteiger partial charge in [-0.2, -0.15) is 0 Å². The molecule has 0 spiro atoms. The van der Waals surface area contributed by atoms with E-state index in [1.54, 1.807) is 19.2 Å². The Morgan fingerprint density at radius 2 is 1.83 bits per heavy atom. The van der Waals surface area contributed by atoms with Crippen LogP contribution in [0.4, 0.5) is 5.69 Å². The van der Waals surface area contributed by atoms with E-state index in [2.05, 4.69) is 12.2 Å². The van der Waals surface area contributed by atoms with E-state index in [-0.39, 0.29) is 5.91 Å². The molecule has 0 aliphatic carbocycles. The van der Waals surface area contributed by atoms with Crippen molar-refractivity contribution in [3.63, 3.8) is 0 Å². The van der Waals surface area contributed by atoms with Crippen molar-refractivity contribution in [1.29, 1.82) is 0 Å². The van der Waals surface area contributed by atoms with Crippen LogP contribution in [0.5, 0.6) is 5.75 Å². The molecule has 0 atom stereocenters. The number of methoxy groups -OCH3 is 1. The summed E-state index contributed by atoms with van der Waals surface area (Å²) >= 11 is 0. The van der Waals surface area contributed by atoms with E-state index < -0.39 is 0 Å². The molecule has 0 bridgehead atoms. The highest BCUT2D eigenvalue weighted by Crippen LogP contribution is 2.21. The second-order valence-electron chi connectivity index (χ2n) is 5.17. The van der Waals surface area contributed by atoms with Crippen molar-refractivity contribution in [2.24, 2.45) is 0 Å². The van der Waals surface area contributed by atoms with Crippen LogP contribution in [0.1, 0.15) is 35.3 Å². The van der Waals surface area contributed by atoms with Crippen molar-refractivity contribution < 1.29 is 14.3 Å². The van der Waals surface area contributed by atoms with Crippen LogP contribution < -0.4 is 10.1 Å². The molecule has 4 nitrogen and oxygen atoms in total. The summed E-state index contributed by atoms with van der Waals surface area (Å²) in [5.41, 5.74) is 3.48. The van der Waals surface area contributed by atoms with Gasteiger partial charge in [-0.25, -0.2) is 0 Å². The van der Waals surface area contributed by atoms with E-state index in [0.717, 1.165) is 23.4 Å². The first kappa shape index (κ1) is 17.0. The first-order chi connectivity index (χ1) is 11.2. The zero-order valence-corrected chi connectivity index (χ0v) is 13.9. The molecular weight excluding hydrogens is 290 g/mol. The lowest BCUT2D eigenvalue weighted by Gasteiger charge is -2.11. The summed E-state index contributed by atoms with van der Waals surface area (Å²) in [6, 6.07) is 13.2. The normalized spacial score (nSPS) is 10.4. The SMILES string of the molecule is CCOCc1cc(C(=O)Nc2ccc(CC)cc2)ccc1OC. The number of nitrogens with one attached hydrogen (secondary N) is 1. The second-order valence-corrected chi connectivity index (χ2v) is 5.17. The zero-order valence-electron chi connectivity index (χ0n) is 13.9. The van der Waals surface area contributed by atoms with Gasteiger partial charge in [0.25, 0.3) is 5.91 Å². The maximum Gasteiger partial charge on any atom is 0.255 e. The number of carbonyl (C=O) groups excluding carboxylic acids is 1. The lowest BCUT2D eigenvalue weighted by Crippen LogP contribution is -2.12. The van der Waals surface area contributed by atoms with Gasteiger partial charge in [-0.15, -0.1) is 0 Å². The van der Waals surface area contributed by atoms with Crippen molar-refractivity contribution in [1.82, 2.24) is 0 Å². The molecule has 1 amide bonds. The van der Waals surface area contributed by atoms with Gasteiger partial charge in [0, 0.05) is 23.4 Å². The number of amides is 1. The Hall–Kier alpha value is -2.33. The van der Waals surface area contributed by atoms with Crippen molar-refractivity contribution in [2.45, 2.75) is 26.9 Å². The maximum absolute atomic E-state index is 12.4. The van der Waals surface area contributed by atoms with E-state index in [4.69, 9.17) is 9.47 Å². The van der Waals surface area contributed by atoms with Crippen LogP contribution in [0.3, 0.4) is 0 Å². The summed E-state index contributed by atoms with van der Waals surface area (Å²) in [6.45, 7) is 5.07. The predicted octanol–water partition coefficient (Wildman–Crippen LogP) is 4.05. The van der Waals surface area contributed by atoms with Crippen molar-refractivity contribution in [3.8, 4) is 5.75 Å². The van der Waals surface area contributed by atoms with E-state index >= 15 is 0 Å². The maximum atomic E-state index is 12.4. The quantitative estimate of drug-likeness (QED) is 0.839. The van der Waals surface area contributed by atoms with Gasteiger partial charge in [0.05, 0.1) is 13.7 Å². The largest absolute Gasteiger partial charge is 0.496 e. The van der Waals surface area contributed by atoms with E-state index in [9.17, 15) is 4.79 Å². The van der Waals surface area contributed by atoms with Gasteiger partial charge in [-0.05, 0) is 49.2 Å². The molecule has 0 radical (unpaired) electrons. The molecule has 0 aromatic heterocycles. The van der Waals surface area contributed by atoms with E-state index in [1.807, 2.05) is 37.3 Å². The molecule has 0 aliphatic heterocycles. The number of benzene rings is 2. The lowest BCUT2D eigenvalue weighted by atomic mass is 10.1. The average molecular weight is 313 g/mol. The molecule has 0 heterocycles. The Bertz CT molecular complexity index is 650. The Morgan fingerprint density at radius 1 is 1.09 bits per heavy atom. The van der Waals surface area contributed by atoms with Crippen LogP contribution in [0.25, 0.3) is 0 Å². The topological polar surface area (TPSA) is 47.6 Å². The van der Waals surface area contributed by atoms with Gasteiger partial charge in [0.1, 0.15) is 5.75 Å². The lowest BCUT2D eigenvalue weighted by molar-refractivity contribution is 0.102. The minimum Gasteiger partial charge on any atom is -0.496 e. The second kappa shape index (κ2) is 8.34. The van der Waals surface area contributed by atoms with Crippen LogP contribution in [0.2, 0.25) is 0 Å². The highest BCUT2D eigenvalue weighted by molar-refractivity contribution is 6.04. The third kappa shape index (κ3) is 4.57. The van der Waals surface area contributed by atoms with Crippen molar-refractivity contribution >= 4 is 11.6 Å². The number of hydrogen-bond acceptors (Lipinski definition) is 3. The molecule has 23 heavy (non-hydrogen) atoms. The highest BCUT2D eigenvalue weighted by Gasteiger charge is 2.11. The minimum absolute atomic E-state index is 0.144. The summed E-state index contributed by atoms with van der Waals surface area (Å²) in [7, 11) is 1.61. The smallest absolute Gasteiger partial charge is 0.255 e. The number of hydrogen-bond donors (Lipinski definition) is 1. The molecule has 2 aromatic carbocycles. The summed E-state index contributed by atoms with van der Waals surface area (Å²) in [6.07, 6.45) is 0.980. The molecule has 2 aromatic rings. The number of rotatable bonds is 7. The predicted molar refractivity (Wildman–Crippen MR) is 92.1 cm³/mol. The zero-order chi connectivity index (χ0) is 16.7. The number of carbonyl (C=O) groups is 1. The van der Waals surface area contributed by atoms with Gasteiger partial charge < -0.3 is 14.8 Å². The van der Waals surface area contributed by atoms with Crippen LogP contribution in [0.15, 0.2) is 42.5 Å². The fourth-order valence-corrected chi connectivity index (χ4v) is 2.27. The molecule has 2 rings (SSSR count). The van der Waals surface area contributed by atoms with E-state index in [1.165, 1.54) is 5.56 Å². The highest BCUT2D eigenvalue weighted by atomic mass is 16.5. The Balaban J connectivity index is 2.14. The van der Waals surface area contributed by atoms with Crippen LogP contribution in [-0.4, -0.2) is 19.6 Å². The van der Waals surface area contributed by atoms with Crippen molar-refractivity contribution in [3.05, 3.63) is 59.2 Å². The van der Waals surface area contributed by atoms with Gasteiger partial charge >= 0.3 is 0 Å². The summed E-state index contributed by atoms with van der Waals surface area (Å²) in [5.74, 6) is 0.581. The molecule has 0 saturated heterocycles. The first-order valence-corrected chi connectivity index (χ1v) is 7.82. The third-order valence-corrected chi connectivity index (χ3v) is 3.62. The van der Waals surface area contributed by atoms with Crippen molar-refractivity contribution in [2.75, 3.05) is 19.0 Å². The van der Waals surface area contributed by atoms with Crippen LogP contribution >= 0.6 is 0 Å². The molecule has 0 unspecified atom stereocenters. The number of aryl methyl sites for hydroxylation is 1. The van der Waals surface area contributed by atoms with Gasteiger partial charge in [0.2, 0.25) is 0 Å². The molecule has 122 valence electrons. The monoisotopic (exact) mass is 313 g/mol. The van der Waals surface area contributed by atoms with Gasteiger partial charge in [0.15, 0.2) is 0 Å². The third-order valence-electron chi connectivity index (χ3n) is 3.62. The Morgan fingerprint density at radius 3 is 2.43 bits per heavy atom. The Labute approximate surface area is 137 Å². The van der Waals surface area contributed by atoms with Gasteiger partial charge in [-0.3, -0.25) is 4.79 Å². The van der Waals surface area contributed by atoms with Crippen LogP contribution in [-0.2, 0) is 17.8 Å². The average Bonchev–Trinajstić information content (AvgIpc) is 2.60. The van der Waals surface area contributed by atoms with E-state index in [0.29, 0.717) is 18.8 Å². The molecule has 1 N–H and O–H groups in total. The minimum atomic E-state index is -0.144. The van der Waals surface area contributed by atoms with Gasteiger partial charge in [-0.1, -0.05) is 19.1 Å². The summed E-state index contributed by atoms with van der Waals surface area (Å²) in [5, 5.41) is 2.91. The Kier molecular flexibility index (Phi) is 6.18. The summed E-state index contributed by atoms with van der Waals surface area (Å²) in [4.78, 5) is 12.4. The standard InChI is InChI=1S/C19H23NO3/c1-4-14-6-9-17(10-7-14)20-19(21)15-8-11-18(22-3)16(12-15)13-23-5-2/h6-12H,4-5,13H2,1-3H3,(H,20,21). The molecule has 0 saturated carbocycles. The first-order valence-electron chi connectivity index (χ1n) is 7.82.